The zero-order valence-electron chi connectivity index (χ0n) is 23.8. The van der Waals surface area contributed by atoms with Crippen LogP contribution in [0.3, 0.4) is 0 Å². The first kappa shape index (κ1) is 29.7. The molecule has 0 atom stereocenters. The van der Waals surface area contributed by atoms with Crippen molar-refractivity contribution in [1.82, 2.24) is 29.6 Å². The molecule has 0 radical (unpaired) electrons. The third-order valence-corrected chi connectivity index (χ3v) is 7.06. The van der Waals surface area contributed by atoms with Crippen LogP contribution >= 0.6 is 0 Å². The normalized spacial score (nSPS) is 14.0. The largest absolute Gasteiger partial charge is 0.416 e. The SMILES string of the molecule is CCN1CCN(c2cc(NC(=O)c3ccc(C)c(Nc4ncnn4-c4cc(NOC)ncn4)c3)cc(C(F)(F)F)c2)CC1. The molecule has 3 N–H and O–H groups in total. The van der Waals surface area contributed by atoms with Crippen molar-refractivity contribution < 1.29 is 22.8 Å². The van der Waals surface area contributed by atoms with Gasteiger partial charge in [-0.15, -0.1) is 0 Å². The zero-order chi connectivity index (χ0) is 30.6. The van der Waals surface area contributed by atoms with Gasteiger partial charge in [-0.05, 0) is 49.4 Å². The van der Waals surface area contributed by atoms with Crippen molar-refractivity contribution in [3.8, 4) is 5.82 Å². The Morgan fingerprint density at radius 1 is 1.00 bits per heavy atom. The van der Waals surface area contributed by atoms with Crippen molar-refractivity contribution in [1.29, 1.82) is 0 Å². The summed E-state index contributed by atoms with van der Waals surface area (Å²) in [6.07, 6.45) is -1.89. The maximum atomic E-state index is 13.8. The van der Waals surface area contributed by atoms with Gasteiger partial charge in [0, 0.05) is 54.9 Å². The Kier molecular flexibility index (Phi) is 8.73. The van der Waals surface area contributed by atoms with Crippen LogP contribution in [0.5, 0.6) is 0 Å². The molecule has 0 spiro atoms. The van der Waals surface area contributed by atoms with E-state index in [4.69, 9.17) is 4.84 Å². The van der Waals surface area contributed by atoms with Crippen molar-refractivity contribution in [2.75, 3.05) is 60.8 Å². The molecule has 43 heavy (non-hydrogen) atoms. The Morgan fingerprint density at radius 2 is 1.79 bits per heavy atom. The molecule has 226 valence electrons. The highest BCUT2D eigenvalue weighted by molar-refractivity contribution is 6.05. The Morgan fingerprint density at radius 3 is 2.51 bits per heavy atom. The number of carbonyl (C=O) groups is 1. The fraction of sp³-hybridized carbons (Fsp3) is 0.321. The molecular weight excluding hydrogens is 565 g/mol. The van der Waals surface area contributed by atoms with Gasteiger partial charge in [0.25, 0.3) is 5.91 Å². The second kappa shape index (κ2) is 12.6. The Bertz CT molecular complexity index is 1590. The predicted octanol–water partition coefficient (Wildman–Crippen LogP) is 4.50. The molecule has 15 heteroatoms. The van der Waals surface area contributed by atoms with Crippen molar-refractivity contribution in [2.45, 2.75) is 20.0 Å². The van der Waals surface area contributed by atoms with Crippen molar-refractivity contribution in [3.63, 3.8) is 0 Å². The Labute approximate surface area is 245 Å². The van der Waals surface area contributed by atoms with Crippen LogP contribution in [0.25, 0.3) is 5.82 Å². The minimum atomic E-state index is -4.57. The summed E-state index contributed by atoms with van der Waals surface area (Å²) < 4.78 is 42.9. The molecule has 0 saturated carbocycles. The Balaban J connectivity index is 1.37. The molecule has 1 fully saturated rings. The number of aromatic nitrogens is 5. The third kappa shape index (κ3) is 7.01. The van der Waals surface area contributed by atoms with Crippen molar-refractivity contribution >= 4 is 34.7 Å². The van der Waals surface area contributed by atoms with Gasteiger partial charge in [-0.3, -0.25) is 9.63 Å². The van der Waals surface area contributed by atoms with Crippen LogP contribution in [0.1, 0.15) is 28.4 Å². The molecule has 1 amide bonds. The maximum absolute atomic E-state index is 13.8. The van der Waals surface area contributed by atoms with Gasteiger partial charge in [-0.2, -0.15) is 27.9 Å². The van der Waals surface area contributed by atoms with Gasteiger partial charge in [0.05, 0.1) is 12.7 Å². The standard InChI is InChI=1S/C28H31F3N10O2/c1-4-39-7-9-40(10-8-39)22-13-20(28(29,30)31)12-21(14-22)36-26(42)19-6-5-18(2)23(11-19)37-27-34-17-35-41(27)25-15-24(38-43-3)32-16-33-25/h5-6,11-17H,4,7-10H2,1-3H3,(H,36,42)(H,32,33,38)(H,34,35,37). The van der Waals surface area contributed by atoms with Gasteiger partial charge in [-0.1, -0.05) is 13.0 Å². The number of halogens is 3. The number of nitrogens with zero attached hydrogens (tertiary/aromatic N) is 7. The van der Waals surface area contributed by atoms with E-state index >= 15 is 0 Å². The lowest BCUT2D eigenvalue weighted by Gasteiger charge is -2.36. The lowest BCUT2D eigenvalue weighted by Crippen LogP contribution is -2.46. The van der Waals surface area contributed by atoms with E-state index in [1.54, 1.807) is 30.3 Å². The molecule has 2 aromatic heterocycles. The van der Waals surface area contributed by atoms with Gasteiger partial charge in [-0.25, -0.2) is 15.4 Å². The van der Waals surface area contributed by atoms with Gasteiger partial charge in [0.2, 0.25) is 5.95 Å². The number of benzene rings is 2. The predicted molar refractivity (Wildman–Crippen MR) is 156 cm³/mol. The zero-order valence-corrected chi connectivity index (χ0v) is 23.8. The highest BCUT2D eigenvalue weighted by Gasteiger charge is 2.32. The minimum absolute atomic E-state index is 0.0619. The van der Waals surface area contributed by atoms with E-state index in [-0.39, 0.29) is 11.3 Å². The van der Waals surface area contributed by atoms with Crippen molar-refractivity contribution in [3.05, 3.63) is 71.8 Å². The summed E-state index contributed by atoms with van der Waals surface area (Å²) in [6, 6.07) is 10.2. The average Bonchev–Trinajstić information content (AvgIpc) is 3.46. The molecular formula is C28H31F3N10O2. The summed E-state index contributed by atoms with van der Waals surface area (Å²) in [4.78, 5) is 34.9. The maximum Gasteiger partial charge on any atom is 0.416 e. The van der Waals surface area contributed by atoms with E-state index in [1.165, 1.54) is 24.4 Å². The number of hydrogen-bond donors (Lipinski definition) is 3. The van der Waals surface area contributed by atoms with Gasteiger partial charge in [0.1, 0.15) is 12.7 Å². The molecule has 1 aliphatic heterocycles. The average molecular weight is 597 g/mol. The molecule has 0 bridgehead atoms. The Hall–Kier alpha value is -4.76. The summed E-state index contributed by atoms with van der Waals surface area (Å²) in [5.74, 6) is 0.562. The molecule has 2 aromatic carbocycles. The van der Waals surface area contributed by atoms with Crippen LogP contribution in [0.15, 0.2) is 55.1 Å². The lowest BCUT2D eigenvalue weighted by molar-refractivity contribution is -0.137. The number of likely N-dealkylation sites (N-methyl/N-ethyl adjacent to an activating group) is 1. The number of aryl methyl sites for hydroxylation is 1. The van der Waals surface area contributed by atoms with Gasteiger partial charge in [0.15, 0.2) is 11.6 Å². The molecule has 1 aliphatic rings. The first-order chi connectivity index (χ1) is 20.6. The van der Waals surface area contributed by atoms with Crippen LogP contribution in [0, 0.1) is 6.92 Å². The fourth-order valence-electron chi connectivity index (χ4n) is 4.69. The van der Waals surface area contributed by atoms with E-state index in [9.17, 15) is 18.0 Å². The molecule has 5 rings (SSSR count). The highest BCUT2D eigenvalue weighted by Crippen LogP contribution is 2.35. The molecule has 0 unspecified atom stereocenters. The van der Waals surface area contributed by atoms with Gasteiger partial charge >= 0.3 is 6.18 Å². The first-order valence-corrected chi connectivity index (χ1v) is 13.5. The van der Waals surface area contributed by atoms with E-state index in [0.717, 1.165) is 37.3 Å². The second-order valence-electron chi connectivity index (χ2n) is 9.86. The summed E-state index contributed by atoms with van der Waals surface area (Å²) in [7, 11) is 1.46. The van der Waals surface area contributed by atoms with E-state index in [0.29, 0.717) is 42.0 Å². The molecule has 3 heterocycles. The molecule has 12 nitrogen and oxygen atoms in total. The van der Waals surface area contributed by atoms with Crippen LogP contribution < -0.4 is 21.0 Å². The summed E-state index contributed by atoms with van der Waals surface area (Å²) in [5, 5.41) is 10.0. The number of piperazine rings is 1. The summed E-state index contributed by atoms with van der Waals surface area (Å²) in [5.41, 5.74) is 3.86. The number of alkyl halides is 3. The second-order valence-corrected chi connectivity index (χ2v) is 9.86. The van der Waals surface area contributed by atoms with E-state index < -0.39 is 17.6 Å². The number of hydrogen-bond acceptors (Lipinski definition) is 10. The van der Waals surface area contributed by atoms with Crippen molar-refractivity contribution in [2.24, 2.45) is 0 Å². The number of carbonyl (C=O) groups excluding carboxylic acids is 1. The van der Waals surface area contributed by atoms with E-state index in [1.807, 2.05) is 11.8 Å². The third-order valence-electron chi connectivity index (χ3n) is 7.06. The number of rotatable bonds is 9. The number of anilines is 5. The molecule has 1 saturated heterocycles. The monoisotopic (exact) mass is 596 g/mol. The number of amides is 1. The van der Waals surface area contributed by atoms with Crippen LogP contribution in [-0.2, 0) is 11.0 Å². The summed E-state index contributed by atoms with van der Waals surface area (Å²) in [6.45, 7) is 7.48. The number of nitrogens with one attached hydrogen (secondary N) is 3. The van der Waals surface area contributed by atoms with Crippen LogP contribution in [-0.4, -0.2) is 75.4 Å². The van der Waals surface area contributed by atoms with E-state index in [2.05, 4.69) is 48.0 Å². The van der Waals surface area contributed by atoms with Gasteiger partial charge < -0.3 is 20.4 Å². The lowest BCUT2D eigenvalue weighted by atomic mass is 10.1. The topological polar surface area (TPSA) is 125 Å². The molecule has 4 aromatic rings. The van der Waals surface area contributed by atoms with Crippen LogP contribution in [0.2, 0.25) is 0 Å². The first-order valence-electron chi connectivity index (χ1n) is 13.5. The fourth-order valence-corrected chi connectivity index (χ4v) is 4.69. The summed E-state index contributed by atoms with van der Waals surface area (Å²) >= 11 is 0. The quantitative estimate of drug-likeness (QED) is 0.238. The highest BCUT2D eigenvalue weighted by atomic mass is 19.4. The molecule has 0 aliphatic carbocycles. The smallest absolute Gasteiger partial charge is 0.369 e. The minimum Gasteiger partial charge on any atom is -0.369 e. The van der Waals surface area contributed by atoms with Crippen LogP contribution in [0.4, 0.5) is 42.0 Å².